The van der Waals surface area contributed by atoms with E-state index in [2.05, 4.69) is 35.4 Å². The molecule has 3 aromatic rings. The average molecular weight is 458 g/mol. The quantitative estimate of drug-likeness (QED) is 0.410. The van der Waals surface area contributed by atoms with Gasteiger partial charge in [0.25, 0.3) is 0 Å². The molecule has 31 heavy (non-hydrogen) atoms. The van der Waals surface area contributed by atoms with Crippen molar-refractivity contribution in [1.29, 1.82) is 0 Å². The fraction of sp³-hybridized carbons (Fsp3) is 0.417. The molecule has 0 aliphatic heterocycles. The molecule has 2 aromatic carbocycles. The summed E-state index contributed by atoms with van der Waals surface area (Å²) in [6.45, 7) is 6.70. The zero-order valence-electron chi connectivity index (χ0n) is 18.0. The maximum absolute atomic E-state index is 6.17. The van der Waals surface area contributed by atoms with E-state index in [0.717, 1.165) is 48.3 Å². The van der Waals surface area contributed by atoms with Gasteiger partial charge in [0.2, 0.25) is 5.95 Å². The molecule has 0 amide bonds. The third kappa shape index (κ3) is 5.22. The van der Waals surface area contributed by atoms with Crippen molar-refractivity contribution < 1.29 is 0 Å². The summed E-state index contributed by atoms with van der Waals surface area (Å²) in [5.74, 6) is 1.41. The van der Waals surface area contributed by atoms with Crippen LogP contribution in [0.3, 0.4) is 0 Å². The molecule has 2 atom stereocenters. The minimum absolute atomic E-state index is 0.399. The molecule has 0 bridgehead atoms. The van der Waals surface area contributed by atoms with Gasteiger partial charge in [-0.05, 0) is 69.1 Å². The third-order valence-electron chi connectivity index (χ3n) is 6.10. The van der Waals surface area contributed by atoms with Crippen molar-refractivity contribution in [3.05, 3.63) is 52.5 Å². The Kier molecular flexibility index (Phi) is 7.16. The van der Waals surface area contributed by atoms with Crippen LogP contribution in [0.2, 0.25) is 10.0 Å². The van der Waals surface area contributed by atoms with Crippen molar-refractivity contribution >= 4 is 51.6 Å². The number of benzene rings is 2. The molecule has 7 heteroatoms. The van der Waals surface area contributed by atoms with Crippen molar-refractivity contribution in [3.63, 3.8) is 0 Å². The second-order valence-electron chi connectivity index (χ2n) is 8.05. The highest BCUT2D eigenvalue weighted by atomic mass is 35.5. The number of anilines is 3. The highest BCUT2D eigenvalue weighted by Gasteiger charge is 2.26. The van der Waals surface area contributed by atoms with Gasteiger partial charge in [-0.25, -0.2) is 4.98 Å². The van der Waals surface area contributed by atoms with Gasteiger partial charge in [0.15, 0.2) is 0 Å². The van der Waals surface area contributed by atoms with E-state index in [0.29, 0.717) is 28.1 Å². The molecule has 5 nitrogen and oxygen atoms in total. The highest BCUT2D eigenvalue weighted by molar-refractivity contribution is 6.42. The molecule has 1 aromatic heterocycles. The topological polar surface area (TPSA) is 53.1 Å². The molecule has 0 spiro atoms. The first kappa shape index (κ1) is 22.1. The standard InChI is InChI=1S/C24H29Cl2N5/c1-3-31(4-2)18-9-7-8-16(14-18)27-23-19-10-5-6-11-22(19)29-24(30-23)28-17-12-13-20(25)21(26)15-17/h5-6,10-13,15-16,18H,3-4,7-9,14H2,1-2H3,(H2,27,28,29,30). The first-order chi connectivity index (χ1) is 15.1. The lowest BCUT2D eigenvalue weighted by Gasteiger charge is -2.37. The summed E-state index contributed by atoms with van der Waals surface area (Å²) in [7, 11) is 0. The van der Waals surface area contributed by atoms with Gasteiger partial charge in [-0.1, -0.05) is 49.2 Å². The average Bonchev–Trinajstić information content (AvgIpc) is 2.77. The van der Waals surface area contributed by atoms with Crippen LogP contribution in [-0.4, -0.2) is 40.0 Å². The van der Waals surface area contributed by atoms with Gasteiger partial charge in [-0.15, -0.1) is 0 Å². The van der Waals surface area contributed by atoms with Crippen LogP contribution in [0, 0.1) is 0 Å². The van der Waals surface area contributed by atoms with Crippen molar-refractivity contribution in [1.82, 2.24) is 14.9 Å². The number of nitrogens with zero attached hydrogens (tertiary/aromatic N) is 3. The summed E-state index contributed by atoms with van der Waals surface area (Å²) in [6.07, 6.45) is 4.80. The summed E-state index contributed by atoms with van der Waals surface area (Å²) in [5, 5.41) is 9.06. The monoisotopic (exact) mass is 457 g/mol. The Labute approximate surface area is 194 Å². The Hall–Kier alpha value is -2.08. The van der Waals surface area contributed by atoms with Crippen LogP contribution in [0.4, 0.5) is 17.5 Å². The maximum atomic E-state index is 6.17. The largest absolute Gasteiger partial charge is 0.367 e. The fourth-order valence-corrected chi connectivity index (χ4v) is 4.80. The summed E-state index contributed by atoms with van der Waals surface area (Å²) in [6, 6.07) is 14.6. The zero-order chi connectivity index (χ0) is 21.8. The second kappa shape index (κ2) is 10.0. The number of halogens is 2. The van der Waals surface area contributed by atoms with Gasteiger partial charge in [0.05, 0.1) is 15.6 Å². The summed E-state index contributed by atoms with van der Waals surface area (Å²) < 4.78 is 0. The number of nitrogens with one attached hydrogen (secondary N) is 2. The molecule has 0 radical (unpaired) electrons. The van der Waals surface area contributed by atoms with Gasteiger partial charge in [0.1, 0.15) is 5.82 Å². The molecule has 1 fully saturated rings. The number of rotatable bonds is 7. The van der Waals surface area contributed by atoms with Crippen LogP contribution >= 0.6 is 23.2 Å². The predicted molar refractivity (Wildman–Crippen MR) is 132 cm³/mol. The molecule has 1 saturated carbocycles. The van der Waals surface area contributed by atoms with Crippen molar-refractivity contribution in [2.45, 2.75) is 51.6 Å². The van der Waals surface area contributed by atoms with E-state index in [1.54, 1.807) is 12.1 Å². The molecule has 2 unspecified atom stereocenters. The minimum Gasteiger partial charge on any atom is -0.367 e. The lowest BCUT2D eigenvalue weighted by atomic mass is 9.89. The van der Waals surface area contributed by atoms with E-state index in [9.17, 15) is 0 Å². The van der Waals surface area contributed by atoms with Crippen LogP contribution in [-0.2, 0) is 0 Å². The lowest BCUT2D eigenvalue weighted by Crippen LogP contribution is -2.42. The smallest absolute Gasteiger partial charge is 0.229 e. The molecule has 164 valence electrons. The Morgan fingerprint density at radius 3 is 2.58 bits per heavy atom. The third-order valence-corrected chi connectivity index (χ3v) is 6.83. The summed E-state index contributed by atoms with van der Waals surface area (Å²) >= 11 is 12.2. The van der Waals surface area contributed by atoms with Crippen LogP contribution in [0.5, 0.6) is 0 Å². The van der Waals surface area contributed by atoms with Crippen LogP contribution in [0.15, 0.2) is 42.5 Å². The SMILES string of the molecule is CCN(CC)C1CCCC(Nc2nc(Nc3ccc(Cl)c(Cl)c3)nc3ccccc23)C1. The van der Waals surface area contributed by atoms with Gasteiger partial charge in [0, 0.05) is 23.2 Å². The predicted octanol–water partition coefficient (Wildman–Crippen LogP) is 6.75. The number of hydrogen-bond acceptors (Lipinski definition) is 5. The minimum atomic E-state index is 0.399. The molecular formula is C24H29Cl2N5. The van der Waals surface area contributed by atoms with Gasteiger partial charge in [-0.3, -0.25) is 0 Å². The summed E-state index contributed by atoms with van der Waals surface area (Å²) in [5.41, 5.74) is 1.70. The number of para-hydroxylation sites is 1. The van der Waals surface area contributed by atoms with Gasteiger partial charge < -0.3 is 15.5 Å². The molecule has 1 aliphatic rings. The number of hydrogen-bond donors (Lipinski definition) is 2. The van der Waals surface area contributed by atoms with E-state index in [-0.39, 0.29) is 0 Å². The van der Waals surface area contributed by atoms with Crippen molar-refractivity contribution in [2.24, 2.45) is 0 Å². The Bertz CT molecular complexity index is 1040. The molecule has 1 heterocycles. The van der Waals surface area contributed by atoms with E-state index in [1.807, 2.05) is 24.3 Å². The van der Waals surface area contributed by atoms with Crippen LogP contribution in [0.25, 0.3) is 10.9 Å². The zero-order valence-corrected chi connectivity index (χ0v) is 19.5. The van der Waals surface area contributed by atoms with E-state index in [4.69, 9.17) is 33.2 Å². The Morgan fingerprint density at radius 2 is 1.81 bits per heavy atom. The van der Waals surface area contributed by atoms with Crippen LogP contribution in [0.1, 0.15) is 39.5 Å². The Morgan fingerprint density at radius 1 is 1.00 bits per heavy atom. The number of aromatic nitrogens is 2. The molecular weight excluding hydrogens is 429 g/mol. The lowest BCUT2D eigenvalue weighted by molar-refractivity contribution is 0.165. The normalized spacial score (nSPS) is 19.0. The summed E-state index contributed by atoms with van der Waals surface area (Å²) in [4.78, 5) is 12.1. The Balaban J connectivity index is 1.60. The molecule has 1 aliphatic carbocycles. The van der Waals surface area contributed by atoms with Gasteiger partial charge in [-0.2, -0.15) is 4.98 Å². The van der Waals surface area contributed by atoms with E-state index >= 15 is 0 Å². The first-order valence-corrected chi connectivity index (χ1v) is 11.8. The highest BCUT2D eigenvalue weighted by Crippen LogP contribution is 2.30. The van der Waals surface area contributed by atoms with Crippen LogP contribution < -0.4 is 10.6 Å². The fourth-order valence-electron chi connectivity index (χ4n) is 4.51. The molecule has 0 saturated heterocycles. The van der Waals surface area contributed by atoms with Crippen molar-refractivity contribution in [2.75, 3.05) is 23.7 Å². The van der Waals surface area contributed by atoms with E-state index < -0.39 is 0 Å². The second-order valence-corrected chi connectivity index (χ2v) is 8.86. The maximum Gasteiger partial charge on any atom is 0.229 e. The van der Waals surface area contributed by atoms with Crippen molar-refractivity contribution in [3.8, 4) is 0 Å². The molecule has 2 N–H and O–H groups in total. The van der Waals surface area contributed by atoms with Gasteiger partial charge >= 0.3 is 0 Å². The first-order valence-electron chi connectivity index (χ1n) is 11.1. The number of fused-ring (bicyclic) bond motifs is 1. The molecule has 4 rings (SSSR count). The van der Waals surface area contributed by atoms with E-state index in [1.165, 1.54) is 12.8 Å².